The van der Waals surface area contributed by atoms with Gasteiger partial charge in [0.2, 0.25) is 0 Å². The Morgan fingerprint density at radius 1 is 1.23 bits per heavy atom. The minimum atomic E-state index is -0.814. The molecule has 1 saturated carbocycles. The number of aliphatic hydroxyl groups is 1. The van der Waals surface area contributed by atoms with Crippen molar-refractivity contribution in [2.45, 2.75) is 76.1 Å². The molecule has 4 nitrogen and oxygen atoms in total. The molecule has 2 fully saturated rings. The number of hydrogen-bond acceptors (Lipinski definition) is 4. The van der Waals surface area contributed by atoms with E-state index in [4.69, 9.17) is 9.47 Å². The van der Waals surface area contributed by atoms with Crippen molar-refractivity contribution in [1.82, 2.24) is 0 Å². The summed E-state index contributed by atoms with van der Waals surface area (Å²) in [4.78, 5) is 0. The molecule has 4 heteroatoms. The summed E-state index contributed by atoms with van der Waals surface area (Å²) >= 11 is 0. The van der Waals surface area contributed by atoms with Crippen LogP contribution in [-0.4, -0.2) is 29.7 Å². The van der Waals surface area contributed by atoms with Gasteiger partial charge in [0, 0.05) is 18.3 Å². The molecule has 4 aliphatic carbocycles. The Morgan fingerprint density at radius 2 is 2.04 bits per heavy atom. The van der Waals surface area contributed by atoms with Gasteiger partial charge in [-0.1, -0.05) is 18.6 Å². The van der Waals surface area contributed by atoms with Gasteiger partial charge >= 0.3 is 0 Å². The van der Waals surface area contributed by atoms with Gasteiger partial charge in [0.05, 0.1) is 31.3 Å². The third kappa shape index (κ3) is 2.17. The Balaban J connectivity index is 1.47. The average molecular weight is 355 g/mol. The van der Waals surface area contributed by atoms with Gasteiger partial charge in [-0.25, -0.2) is 0 Å². The van der Waals surface area contributed by atoms with E-state index in [9.17, 15) is 10.4 Å². The summed E-state index contributed by atoms with van der Waals surface area (Å²) in [5.74, 6) is 0.722. The van der Waals surface area contributed by atoms with E-state index in [2.05, 4.69) is 19.1 Å². The first-order chi connectivity index (χ1) is 12.5. The first kappa shape index (κ1) is 17.0. The molecule has 1 N–H and O–H groups in total. The molecule has 0 bridgehead atoms. The van der Waals surface area contributed by atoms with Crippen molar-refractivity contribution in [3.05, 3.63) is 22.8 Å². The number of nitrogens with zero attached hydrogens (tertiary/aromatic N) is 1. The molecule has 4 atom stereocenters. The summed E-state index contributed by atoms with van der Waals surface area (Å²) in [5, 5.41) is 20.4. The van der Waals surface area contributed by atoms with Crippen LogP contribution in [0.5, 0.6) is 0 Å². The quantitative estimate of drug-likeness (QED) is 0.772. The highest BCUT2D eigenvalue weighted by Crippen LogP contribution is 2.63. The SMILES string of the molecule is C[C@]12CC=C3C4=C(CCC3C1CC[C@@]2(O)CC#N)CC1(CC4)OCCO1. The van der Waals surface area contributed by atoms with E-state index < -0.39 is 5.60 Å². The highest BCUT2D eigenvalue weighted by molar-refractivity contribution is 5.45. The molecule has 0 amide bonds. The molecule has 1 spiro atoms. The minimum absolute atomic E-state index is 0.150. The molecular weight excluding hydrogens is 326 g/mol. The van der Waals surface area contributed by atoms with Crippen LogP contribution in [0.25, 0.3) is 0 Å². The molecule has 26 heavy (non-hydrogen) atoms. The molecule has 0 aromatic rings. The normalized spacial score (nSPS) is 43.5. The van der Waals surface area contributed by atoms with Crippen molar-refractivity contribution >= 4 is 0 Å². The number of nitriles is 1. The van der Waals surface area contributed by atoms with E-state index in [1.54, 1.807) is 16.7 Å². The maximum absolute atomic E-state index is 11.2. The van der Waals surface area contributed by atoms with Crippen molar-refractivity contribution in [3.63, 3.8) is 0 Å². The third-order valence-electron chi connectivity index (χ3n) is 8.34. The topological polar surface area (TPSA) is 62.5 Å². The molecule has 1 heterocycles. The average Bonchev–Trinajstić information content (AvgIpc) is 3.18. The van der Waals surface area contributed by atoms with Crippen molar-refractivity contribution in [2.24, 2.45) is 17.3 Å². The van der Waals surface area contributed by atoms with Gasteiger partial charge in [0.25, 0.3) is 0 Å². The van der Waals surface area contributed by atoms with Crippen LogP contribution in [0.1, 0.15) is 64.7 Å². The molecule has 1 saturated heterocycles. The fraction of sp³-hybridized carbons (Fsp3) is 0.773. The summed E-state index contributed by atoms with van der Waals surface area (Å²) in [6.45, 7) is 3.69. The summed E-state index contributed by atoms with van der Waals surface area (Å²) in [5.41, 5.74) is 3.72. The zero-order valence-electron chi connectivity index (χ0n) is 15.7. The molecule has 5 aliphatic rings. The van der Waals surface area contributed by atoms with Crippen molar-refractivity contribution in [2.75, 3.05) is 13.2 Å². The van der Waals surface area contributed by atoms with Gasteiger partial charge in [-0.05, 0) is 61.5 Å². The fourth-order valence-electron chi connectivity index (χ4n) is 6.82. The van der Waals surface area contributed by atoms with Crippen LogP contribution in [0.15, 0.2) is 22.8 Å². The summed E-state index contributed by atoms with van der Waals surface area (Å²) in [7, 11) is 0. The lowest BCUT2D eigenvalue weighted by Gasteiger charge is -2.50. The molecule has 2 unspecified atom stereocenters. The second kappa shape index (κ2) is 5.67. The molecular formula is C22H29NO3. The van der Waals surface area contributed by atoms with Crippen LogP contribution in [0.4, 0.5) is 0 Å². The van der Waals surface area contributed by atoms with Crippen LogP contribution in [0.3, 0.4) is 0 Å². The highest BCUT2D eigenvalue weighted by Gasteiger charge is 2.60. The molecule has 5 rings (SSSR count). The van der Waals surface area contributed by atoms with Crippen molar-refractivity contribution in [1.29, 1.82) is 5.26 Å². The van der Waals surface area contributed by atoms with Crippen LogP contribution >= 0.6 is 0 Å². The standard InChI is InChI=1S/C22H29NO3/c1-20-7-4-17-16-5-9-22(25-12-13-26-22)14-15(16)2-3-18(17)19(20)6-8-21(20,24)10-11-23/h4,18-19,24H,2-3,5-10,12-14H2,1H3/t18?,19?,20-,21+/m0/s1. The van der Waals surface area contributed by atoms with Crippen LogP contribution in [-0.2, 0) is 9.47 Å². The van der Waals surface area contributed by atoms with Gasteiger partial charge in [-0.2, -0.15) is 5.26 Å². The summed E-state index contributed by atoms with van der Waals surface area (Å²) in [6.07, 6.45) is 10.7. The van der Waals surface area contributed by atoms with Crippen molar-refractivity contribution in [3.8, 4) is 6.07 Å². The summed E-state index contributed by atoms with van der Waals surface area (Å²) in [6, 6.07) is 2.25. The van der Waals surface area contributed by atoms with Gasteiger partial charge in [0.1, 0.15) is 0 Å². The zero-order valence-corrected chi connectivity index (χ0v) is 15.7. The molecule has 140 valence electrons. The highest BCUT2D eigenvalue weighted by atomic mass is 16.7. The van der Waals surface area contributed by atoms with E-state index >= 15 is 0 Å². The second-order valence-corrected chi connectivity index (χ2v) is 9.30. The number of ether oxygens (including phenoxy) is 2. The smallest absolute Gasteiger partial charge is 0.172 e. The maximum atomic E-state index is 11.2. The first-order valence-corrected chi connectivity index (χ1v) is 10.3. The maximum Gasteiger partial charge on any atom is 0.172 e. The predicted molar refractivity (Wildman–Crippen MR) is 96.9 cm³/mol. The fourth-order valence-corrected chi connectivity index (χ4v) is 6.82. The third-order valence-corrected chi connectivity index (χ3v) is 8.34. The number of allylic oxidation sites excluding steroid dienone is 3. The summed E-state index contributed by atoms with van der Waals surface area (Å²) < 4.78 is 11.9. The number of fused-ring (bicyclic) bond motifs is 4. The van der Waals surface area contributed by atoms with Gasteiger partial charge in [0.15, 0.2) is 5.79 Å². The largest absolute Gasteiger partial charge is 0.388 e. The Labute approximate surface area is 155 Å². The van der Waals surface area contributed by atoms with E-state index in [0.717, 1.165) is 58.2 Å². The lowest BCUT2D eigenvalue weighted by atomic mass is 9.56. The Morgan fingerprint density at radius 3 is 2.81 bits per heavy atom. The molecule has 0 aromatic carbocycles. The predicted octanol–water partition coefficient (Wildman–Crippen LogP) is 4.01. The van der Waals surface area contributed by atoms with E-state index in [-0.39, 0.29) is 17.6 Å². The first-order valence-electron chi connectivity index (χ1n) is 10.3. The lowest BCUT2D eigenvalue weighted by Crippen LogP contribution is -2.49. The monoisotopic (exact) mass is 355 g/mol. The second-order valence-electron chi connectivity index (χ2n) is 9.30. The zero-order chi connectivity index (χ0) is 18.0. The molecule has 0 aromatic heterocycles. The Kier molecular flexibility index (Phi) is 3.71. The number of hydrogen-bond donors (Lipinski definition) is 1. The van der Waals surface area contributed by atoms with Gasteiger partial charge in [-0.3, -0.25) is 0 Å². The Bertz CT molecular complexity index is 726. The van der Waals surface area contributed by atoms with Crippen molar-refractivity contribution < 1.29 is 14.6 Å². The van der Waals surface area contributed by atoms with Crippen LogP contribution < -0.4 is 0 Å². The van der Waals surface area contributed by atoms with E-state index in [1.165, 1.54) is 6.42 Å². The van der Waals surface area contributed by atoms with Crippen LogP contribution in [0.2, 0.25) is 0 Å². The molecule has 0 radical (unpaired) electrons. The van der Waals surface area contributed by atoms with Crippen LogP contribution in [0, 0.1) is 28.6 Å². The number of rotatable bonds is 1. The molecule has 1 aliphatic heterocycles. The minimum Gasteiger partial charge on any atom is -0.388 e. The Hall–Kier alpha value is -1.15. The van der Waals surface area contributed by atoms with Gasteiger partial charge in [-0.15, -0.1) is 0 Å². The lowest BCUT2D eigenvalue weighted by molar-refractivity contribution is -0.164. The van der Waals surface area contributed by atoms with E-state index in [1.807, 2.05) is 0 Å². The van der Waals surface area contributed by atoms with Gasteiger partial charge < -0.3 is 14.6 Å². The van der Waals surface area contributed by atoms with E-state index in [0.29, 0.717) is 11.8 Å².